The van der Waals surface area contributed by atoms with Crippen LogP contribution < -0.4 is 0 Å². The van der Waals surface area contributed by atoms with Crippen molar-refractivity contribution in [1.82, 2.24) is 18.3 Å². The summed E-state index contributed by atoms with van der Waals surface area (Å²) in [5.41, 5.74) is 23.0. The van der Waals surface area contributed by atoms with Gasteiger partial charge in [-0.2, -0.15) is 5.26 Å². The van der Waals surface area contributed by atoms with Gasteiger partial charge >= 0.3 is 0 Å². The molecule has 5 nitrogen and oxygen atoms in total. The monoisotopic (exact) mass is 937 g/mol. The topological polar surface area (TPSA) is 43.5 Å². The summed E-state index contributed by atoms with van der Waals surface area (Å²) in [5.74, 6) is 0. The highest BCUT2D eigenvalue weighted by atomic mass is 15.1. The zero-order chi connectivity index (χ0) is 49.6. The van der Waals surface area contributed by atoms with E-state index in [4.69, 9.17) is 0 Å². The molecule has 0 aliphatic carbocycles. The van der Waals surface area contributed by atoms with Crippen LogP contribution in [0.3, 0.4) is 0 Å². The molecule has 73 heavy (non-hydrogen) atoms. The summed E-state index contributed by atoms with van der Waals surface area (Å²) in [4.78, 5) is 0. The fraction of sp³-hybridized carbons (Fsp3) is 0.103. The van der Waals surface area contributed by atoms with Gasteiger partial charge in [-0.15, -0.1) is 0 Å². The van der Waals surface area contributed by atoms with Crippen molar-refractivity contribution in [3.63, 3.8) is 0 Å². The summed E-state index contributed by atoms with van der Waals surface area (Å²) in [6, 6.07) is 70.2. The molecule has 4 heterocycles. The SMILES string of the molecule is Cc1ccc2c(c1)c1cc(C)ccc1n2-c1c(-c2cc(C)c(C)c(C)c2)c(-n2c3ccc(C)cc3c3cc(C)ccc32)c(-n2c3ccccc3c3ccccc32)c(C#N)c1-n1c2ccccc2c2ccccc21. The number of benzene rings is 10. The summed E-state index contributed by atoms with van der Waals surface area (Å²) in [5, 5.41) is 22.0. The number of para-hydroxylation sites is 4. The fourth-order valence-electron chi connectivity index (χ4n) is 12.4. The van der Waals surface area contributed by atoms with Crippen molar-refractivity contribution in [2.24, 2.45) is 0 Å². The Labute approximate surface area is 423 Å². The summed E-state index contributed by atoms with van der Waals surface area (Å²) in [7, 11) is 0. The Morgan fingerprint density at radius 2 is 0.575 bits per heavy atom. The molecule has 0 radical (unpaired) electrons. The van der Waals surface area contributed by atoms with Gasteiger partial charge in [-0.3, -0.25) is 0 Å². The second-order valence-electron chi connectivity index (χ2n) is 20.5. The predicted molar refractivity (Wildman–Crippen MR) is 307 cm³/mol. The molecular formula is C68H51N5. The quantitative estimate of drug-likeness (QED) is 0.170. The molecule has 14 aromatic rings. The Kier molecular flexibility index (Phi) is 9.19. The fourth-order valence-corrected chi connectivity index (χ4v) is 12.4. The molecule has 10 aromatic carbocycles. The van der Waals surface area contributed by atoms with Gasteiger partial charge in [0.2, 0.25) is 0 Å². The van der Waals surface area contributed by atoms with Gasteiger partial charge in [0.25, 0.3) is 0 Å². The molecule has 0 fully saturated rings. The molecule has 0 bridgehead atoms. The highest BCUT2D eigenvalue weighted by molar-refractivity contribution is 6.17. The standard InChI is InChI=1S/C68H51N5/c1-39-24-28-60-51(32-39)52-33-40(2)25-29-61(52)72(60)67-64(46-36-43(5)45(7)44(6)37-46)68(73-62-30-26-41(3)34-53(62)54-35-42(4)27-31-63(54)73)66(71-58-22-14-10-18-49(58)50-19-11-15-23-59(50)71)55(38-69)65(67)70-56-20-12-8-16-47(56)48-17-9-13-21-57(48)70/h8-37H,1-7H3. The molecule has 0 atom stereocenters. The minimum atomic E-state index is 0.566. The summed E-state index contributed by atoms with van der Waals surface area (Å²) in [6.07, 6.45) is 0. The van der Waals surface area contributed by atoms with E-state index < -0.39 is 0 Å². The maximum Gasteiger partial charge on any atom is 0.104 e. The molecule has 0 unspecified atom stereocenters. The third-order valence-electron chi connectivity index (χ3n) is 15.9. The second kappa shape index (κ2) is 15.7. The molecular weight excluding hydrogens is 887 g/mol. The average molecular weight is 938 g/mol. The number of aryl methyl sites for hydroxylation is 6. The second-order valence-corrected chi connectivity index (χ2v) is 20.5. The first-order valence-corrected chi connectivity index (χ1v) is 25.3. The lowest BCUT2D eigenvalue weighted by Gasteiger charge is -2.29. The maximum atomic E-state index is 12.8. The lowest BCUT2D eigenvalue weighted by molar-refractivity contribution is 1.03. The van der Waals surface area contributed by atoms with E-state index in [1.807, 2.05) is 0 Å². The number of aromatic nitrogens is 4. The zero-order valence-electron chi connectivity index (χ0n) is 42.1. The Morgan fingerprint density at radius 1 is 0.301 bits per heavy atom. The minimum Gasteiger partial charge on any atom is -0.306 e. The number of hydrogen-bond acceptors (Lipinski definition) is 1. The van der Waals surface area contributed by atoms with Crippen LogP contribution in [0.1, 0.15) is 44.5 Å². The highest BCUT2D eigenvalue weighted by Gasteiger charge is 2.35. The van der Waals surface area contributed by atoms with Gasteiger partial charge < -0.3 is 18.3 Å². The molecule has 0 amide bonds. The van der Waals surface area contributed by atoms with E-state index in [9.17, 15) is 5.26 Å². The number of hydrogen-bond donors (Lipinski definition) is 0. The van der Waals surface area contributed by atoms with Gasteiger partial charge in [0.05, 0.1) is 66.9 Å². The van der Waals surface area contributed by atoms with Crippen molar-refractivity contribution < 1.29 is 0 Å². The van der Waals surface area contributed by atoms with E-state index in [1.165, 1.54) is 60.5 Å². The maximum absolute atomic E-state index is 12.8. The Bertz CT molecular complexity index is 4250. The van der Waals surface area contributed by atoms with E-state index in [2.05, 4.69) is 255 Å². The molecule has 0 N–H and O–H groups in total. The van der Waals surface area contributed by atoms with Gasteiger partial charge in [-0.1, -0.05) is 131 Å². The van der Waals surface area contributed by atoms with Gasteiger partial charge in [0, 0.05) is 48.7 Å². The largest absolute Gasteiger partial charge is 0.306 e. The van der Waals surface area contributed by atoms with Crippen molar-refractivity contribution in [2.45, 2.75) is 48.5 Å². The lowest BCUT2D eigenvalue weighted by atomic mass is 9.90. The zero-order valence-corrected chi connectivity index (χ0v) is 42.1. The number of fused-ring (bicyclic) bond motifs is 12. The van der Waals surface area contributed by atoms with E-state index in [-0.39, 0.29) is 0 Å². The lowest BCUT2D eigenvalue weighted by Crippen LogP contribution is -2.16. The van der Waals surface area contributed by atoms with Crippen LogP contribution in [0.2, 0.25) is 0 Å². The molecule has 5 heteroatoms. The van der Waals surface area contributed by atoms with Crippen molar-refractivity contribution in [3.05, 3.63) is 226 Å². The summed E-state index contributed by atoms with van der Waals surface area (Å²) >= 11 is 0. The Hall–Kier alpha value is -9.11. The van der Waals surface area contributed by atoms with Crippen LogP contribution in [0.4, 0.5) is 0 Å². The van der Waals surface area contributed by atoms with Crippen molar-refractivity contribution in [1.29, 1.82) is 5.26 Å². The molecule has 0 saturated heterocycles. The molecule has 0 spiro atoms. The van der Waals surface area contributed by atoms with Crippen LogP contribution in [-0.2, 0) is 0 Å². The number of nitriles is 1. The van der Waals surface area contributed by atoms with Crippen molar-refractivity contribution >= 4 is 87.2 Å². The summed E-state index contributed by atoms with van der Waals surface area (Å²) < 4.78 is 9.83. The van der Waals surface area contributed by atoms with Crippen molar-refractivity contribution in [3.8, 4) is 39.9 Å². The molecule has 4 aromatic heterocycles. The molecule has 348 valence electrons. The molecule has 0 aliphatic rings. The normalized spacial score (nSPS) is 12.0. The van der Waals surface area contributed by atoms with Gasteiger partial charge in [0.1, 0.15) is 11.6 Å². The third kappa shape index (κ3) is 6.01. The van der Waals surface area contributed by atoms with E-state index in [1.54, 1.807) is 0 Å². The van der Waals surface area contributed by atoms with Crippen LogP contribution in [0.15, 0.2) is 182 Å². The van der Waals surface area contributed by atoms with Crippen molar-refractivity contribution in [2.75, 3.05) is 0 Å². The number of rotatable bonds is 5. The van der Waals surface area contributed by atoms with Crippen LogP contribution in [0.25, 0.3) is 121 Å². The third-order valence-corrected chi connectivity index (χ3v) is 15.9. The number of nitrogens with zero attached hydrogens (tertiary/aromatic N) is 5. The predicted octanol–water partition coefficient (Wildman–Crippen LogP) is 17.8. The van der Waals surface area contributed by atoms with Gasteiger partial charge in [-0.25, -0.2) is 0 Å². The summed E-state index contributed by atoms with van der Waals surface area (Å²) in [6.45, 7) is 15.5. The molecule has 0 aliphatic heterocycles. The first-order chi connectivity index (χ1) is 35.6. The Morgan fingerprint density at radius 3 is 0.877 bits per heavy atom. The van der Waals surface area contributed by atoms with Crippen LogP contribution in [0, 0.1) is 59.8 Å². The Balaban J connectivity index is 1.38. The smallest absolute Gasteiger partial charge is 0.104 e. The van der Waals surface area contributed by atoms with E-state index >= 15 is 0 Å². The van der Waals surface area contributed by atoms with Gasteiger partial charge in [-0.05, 0) is 144 Å². The van der Waals surface area contributed by atoms with Crippen LogP contribution in [0.5, 0.6) is 0 Å². The van der Waals surface area contributed by atoms with Gasteiger partial charge in [0.15, 0.2) is 0 Å². The van der Waals surface area contributed by atoms with E-state index in [0.717, 1.165) is 99.6 Å². The van der Waals surface area contributed by atoms with Crippen LogP contribution >= 0.6 is 0 Å². The molecule has 14 rings (SSSR count). The average Bonchev–Trinajstić information content (AvgIpc) is 4.11. The molecule has 0 saturated carbocycles. The first kappa shape index (κ1) is 42.7. The first-order valence-electron chi connectivity index (χ1n) is 25.3. The van der Waals surface area contributed by atoms with E-state index in [0.29, 0.717) is 5.56 Å². The highest BCUT2D eigenvalue weighted by Crippen LogP contribution is 2.52. The van der Waals surface area contributed by atoms with Crippen LogP contribution in [-0.4, -0.2) is 18.3 Å². The minimum absolute atomic E-state index is 0.566.